The van der Waals surface area contributed by atoms with Gasteiger partial charge in [0.15, 0.2) is 0 Å². The van der Waals surface area contributed by atoms with Crippen molar-refractivity contribution in [2.45, 2.75) is 33.4 Å². The van der Waals surface area contributed by atoms with Crippen LogP contribution in [-0.2, 0) is 26.2 Å². The monoisotopic (exact) mass is 499 g/mol. The third-order valence-corrected chi connectivity index (χ3v) is 6.74. The fraction of sp³-hybridized carbons (Fsp3) is 0.364. The molecule has 0 aromatic heterocycles. The zero-order valence-corrected chi connectivity index (χ0v) is 20.8. The van der Waals surface area contributed by atoms with Crippen molar-refractivity contribution >= 4 is 50.7 Å². The first kappa shape index (κ1) is 26.0. The summed E-state index contributed by atoms with van der Waals surface area (Å²) in [5.41, 5.74) is 2.09. The fourth-order valence-electron chi connectivity index (χ4n) is 3.05. The summed E-state index contributed by atoms with van der Waals surface area (Å²) in [4.78, 5) is 27.2. The smallest absolute Gasteiger partial charge is 0.244 e. The number of anilines is 1. The molecule has 2 rings (SSSR count). The topological polar surface area (TPSA) is 86.8 Å². The molecule has 0 aliphatic heterocycles. The predicted molar refractivity (Wildman–Crippen MR) is 129 cm³/mol. The lowest BCUT2D eigenvalue weighted by Crippen LogP contribution is -2.51. The molecule has 2 amide bonds. The molecule has 0 bridgehead atoms. The van der Waals surface area contributed by atoms with E-state index in [2.05, 4.69) is 5.32 Å². The highest BCUT2D eigenvalue weighted by molar-refractivity contribution is 7.92. The Morgan fingerprint density at radius 1 is 1.06 bits per heavy atom. The minimum atomic E-state index is -3.83. The lowest BCUT2D eigenvalue weighted by Gasteiger charge is -2.31. The van der Waals surface area contributed by atoms with Gasteiger partial charge in [-0.3, -0.25) is 13.9 Å². The Hall–Kier alpha value is -2.29. The molecule has 0 fully saturated rings. The van der Waals surface area contributed by atoms with E-state index in [1.807, 2.05) is 31.2 Å². The zero-order valence-electron chi connectivity index (χ0n) is 18.4. The quantitative estimate of drug-likeness (QED) is 0.570. The number of amides is 2. The molecule has 0 spiro atoms. The van der Waals surface area contributed by atoms with Crippen molar-refractivity contribution in [2.24, 2.45) is 0 Å². The molecule has 0 radical (unpaired) electrons. The van der Waals surface area contributed by atoms with Crippen LogP contribution in [0.1, 0.15) is 25.0 Å². The Balaban J connectivity index is 2.39. The van der Waals surface area contributed by atoms with E-state index in [1.54, 1.807) is 13.8 Å². The van der Waals surface area contributed by atoms with Gasteiger partial charge in [-0.2, -0.15) is 0 Å². The number of benzene rings is 2. The molecule has 174 valence electrons. The van der Waals surface area contributed by atoms with Crippen LogP contribution in [-0.4, -0.2) is 50.5 Å². The molecule has 0 heterocycles. The third-order valence-electron chi connectivity index (χ3n) is 4.86. The van der Waals surface area contributed by atoms with Gasteiger partial charge in [0.2, 0.25) is 21.8 Å². The van der Waals surface area contributed by atoms with Crippen LogP contribution < -0.4 is 9.62 Å². The average molecular weight is 500 g/mol. The number of likely N-dealkylation sites (N-methyl/N-ethyl adjacent to an activating group) is 1. The Morgan fingerprint density at radius 3 is 2.22 bits per heavy atom. The van der Waals surface area contributed by atoms with Gasteiger partial charge in [-0.25, -0.2) is 8.42 Å². The van der Waals surface area contributed by atoms with Crippen molar-refractivity contribution in [3.05, 3.63) is 63.6 Å². The summed E-state index contributed by atoms with van der Waals surface area (Å²) >= 11 is 12.0. The number of hydrogen-bond donors (Lipinski definition) is 1. The number of nitrogens with zero attached hydrogens (tertiary/aromatic N) is 2. The van der Waals surface area contributed by atoms with Crippen molar-refractivity contribution in [2.75, 3.05) is 23.7 Å². The molecular weight excluding hydrogens is 473 g/mol. The Morgan fingerprint density at radius 2 is 1.69 bits per heavy atom. The van der Waals surface area contributed by atoms with Gasteiger partial charge < -0.3 is 10.2 Å². The molecule has 32 heavy (non-hydrogen) atoms. The molecule has 2 aromatic carbocycles. The second kappa shape index (κ2) is 11.0. The molecule has 0 aliphatic rings. The number of carbonyl (C=O) groups excluding carboxylic acids is 2. The molecule has 0 aliphatic carbocycles. The lowest BCUT2D eigenvalue weighted by molar-refractivity contribution is -0.139. The molecule has 0 saturated heterocycles. The predicted octanol–water partition coefficient (Wildman–Crippen LogP) is 3.62. The van der Waals surface area contributed by atoms with Crippen LogP contribution in [0.4, 0.5) is 5.69 Å². The molecule has 0 unspecified atom stereocenters. The minimum absolute atomic E-state index is 0.149. The number of carbonyl (C=O) groups is 2. The van der Waals surface area contributed by atoms with Crippen LogP contribution in [0.2, 0.25) is 10.0 Å². The van der Waals surface area contributed by atoms with E-state index < -0.39 is 28.5 Å². The Bertz CT molecular complexity index is 1080. The van der Waals surface area contributed by atoms with E-state index in [9.17, 15) is 18.0 Å². The summed E-state index contributed by atoms with van der Waals surface area (Å²) in [6.45, 7) is 5.41. The summed E-state index contributed by atoms with van der Waals surface area (Å²) in [7, 11) is -3.83. The molecule has 10 heteroatoms. The highest BCUT2D eigenvalue weighted by atomic mass is 35.5. The third kappa shape index (κ3) is 6.85. The second-order valence-electron chi connectivity index (χ2n) is 7.45. The highest BCUT2D eigenvalue weighted by Crippen LogP contribution is 2.28. The van der Waals surface area contributed by atoms with E-state index in [0.29, 0.717) is 6.54 Å². The molecule has 1 N–H and O–H groups in total. The maximum absolute atomic E-state index is 13.3. The standard InChI is InChI=1S/C22H27Cl2N3O4S/c1-5-25-22(29)16(3)26(13-17-8-6-15(2)7-9-17)21(28)14-27(32(4,30)31)18-10-11-19(23)20(24)12-18/h6-12,16H,5,13-14H2,1-4H3,(H,25,29)/t16-/m1/s1. The van der Waals surface area contributed by atoms with Gasteiger partial charge in [0.05, 0.1) is 22.0 Å². The van der Waals surface area contributed by atoms with Gasteiger partial charge >= 0.3 is 0 Å². The van der Waals surface area contributed by atoms with Gasteiger partial charge in [0, 0.05) is 13.1 Å². The summed E-state index contributed by atoms with van der Waals surface area (Å²) in [5.74, 6) is -0.853. The highest BCUT2D eigenvalue weighted by Gasteiger charge is 2.30. The maximum Gasteiger partial charge on any atom is 0.244 e. The van der Waals surface area contributed by atoms with E-state index in [1.165, 1.54) is 23.1 Å². The first-order chi connectivity index (χ1) is 14.9. The van der Waals surface area contributed by atoms with Crippen molar-refractivity contribution in [3.8, 4) is 0 Å². The summed E-state index contributed by atoms with van der Waals surface area (Å²) in [5, 5.41) is 3.14. The fourth-order valence-corrected chi connectivity index (χ4v) is 4.18. The molecule has 0 saturated carbocycles. The molecule has 2 aromatic rings. The van der Waals surface area contributed by atoms with Gasteiger partial charge in [-0.15, -0.1) is 0 Å². The van der Waals surface area contributed by atoms with E-state index in [4.69, 9.17) is 23.2 Å². The van der Waals surface area contributed by atoms with E-state index in [0.717, 1.165) is 21.7 Å². The summed E-state index contributed by atoms with van der Waals surface area (Å²) in [6.07, 6.45) is 1.00. The number of sulfonamides is 1. The van der Waals surface area contributed by atoms with E-state index >= 15 is 0 Å². The number of hydrogen-bond acceptors (Lipinski definition) is 4. The van der Waals surface area contributed by atoms with Crippen LogP contribution in [0.3, 0.4) is 0 Å². The van der Waals surface area contributed by atoms with Gasteiger partial charge in [0.25, 0.3) is 0 Å². The number of rotatable bonds is 9. The van der Waals surface area contributed by atoms with Crippen LogP contribution >= 0.6 is 23.2 Å². The second-order valence-corrected chi connectivity index (χ2v) is 10.2. The van der Waals surface area contributed by atoms with Crippen molar-refractivity contribution < 1.29 is 18.0 Å². The number of aryl methyl sites for hydroxylation is 1. The van der Waals surface area contributed by atoms with Crippen LogP contribution in [0.15, 0.2) is 42.5 Å². The summed E-state index contributed by atoms with van der Waals surface area (Å²) < 4.78 is 25.9. The normalized spacial score (nSPS) is 12.2. The first-order valence-corrected chi connectivity index (χ1v) is 12.6. The van der Waals surface area contributed by atoms with Crippen LogP contribution in [0.25, 0.3) is 0 Å². The van der Waals surface area contributed by atoms with Gasteiger partial charge in [0.1, 0.15) is 12.6 Å². The van der Waals surface area contributed by atoms with Crippen molar-refractivity contribution in [3.63, 3.8) is 0 Å². The molecule has 7 nitrogen and oxygen atoms in total. The molecular formula is C22H27Cl2N3O4S. The first-order valence-electron chi connectivity index (χ1n) is 9.99. The number of halogens is 2. The zero-order chi connectivity index (χ0) is 24.1. The SMILES string of the molecule is CCNC(=O)[C@@H](C)N(Cc1ccc(C)cc1)C(=O)CN(c1ccc(Cl)c(Cl)c1)S(C)(=O)=O. The summed E-state index contributed by atoms with van der Waals surface area (Å²) in [6, 6.07) is 11.1. The lowest BCUT2D eigenvalue weighted by atomic mass is 10.1. The van der Waals surface area contributed by atoms with Crippen LogP contribution in [0, 0.1) is 6.92 Å². The van der Waals surface area contributed by atoms with E-state index in [-0.39, 0.29) is 28.2 Å². The minimum Gasteiger partial charge on any atom is -0.355 e. The van der Waals surface area contributed by atoms with Gasteiger partial charge in [-0.05, 0) is 44.5 Å². The van der Waals surface area contributed by atoms with Crippen LogP contribution in [0.5, 0.6) is 0 Å². The Labute approximate surface area is 199 Å². The Kier molecular flexibility index (Phi) is 8.95. The number of nitrogens with one attached hydrogen (secondary N) is 1. The molecule has 1 atom stereocenters. The van der Waals surface area contributed by atoms with Gasteiger partial charge in [-0.1, -0.05) is 53.0 Å². The van der Waals surface area contributed by atoms with Crippen molar-refractivity contribution in [1.82, 2.24) is 10.2 Å². The largest absolute Gasteiger partial charge is 0.355 e. The average Bonchev–Trinajstić information content (AvgIpc) is 2.72. The maximum atomic E-state index is 13.3. The van der Waals surface area contributed by atoms with Crippen molar-refractivity contribution in [1.29, 1.82) is 0 Å².